The molecule has 1 aliphatic heterocycles. The molecule has 0 aliphatic carbocycles. The number of benzene rings is 2. The summed E-state index contributed by atoms with van der Waals surface area (Å²) in [7, 11) is 0. The average Bonchev–Trinajstić information content (AvgIpc) is 3.22. The Kier molecular flexibility index (Phi) is 4.48. The second-order valence-electron chi connectivity index (χ2n) is 6.37. The van der Waals surface area contributed by atoms with E-state index in [9.17, 15) is 9.59 Å². The lowest BCUT2D eigenvalue weighted by Gasteiger charge is -2.26. The van der Waals surface area contributed by atoms with Crippen molar-refractivity contribution >= 4 is 28.8 Å². The molecule has 0 radical (unpaired) electrons. The Bertz CT molecular complexity index is 954. The molecule has 0 fully saturated rings. The van der Waals surface area contributed by atoms with Gasteiger partial charge in [0.2, 0.25) is 11.7 Å². The summed E-state index contributed by atoms with van der Waals surface area (Å²) >= 11 is 0. The SMILES string of the molecule is NC1CN(c2ccccc2)c2ccccc2N(CC(=O)c2ccco2)C1=O. The molecular formula is C21H19N3O3. The molecule has 1 aliphatic rings. The molecule has 4 rings (SSSR count). The molecule has 1 amide bonds. The highest BCUT2D eigenvalue weighted by Gasteiger charge is 2.33. The van der Waals surface area contributed by atoms with Gasteiger partial charge in [0.15, 0.2) is 5.76 Å². The van der Waals surface area contributed by atoms with Crippen molar-refractivity contribution in [3.63, 3.8) is 0 Å². The molecule has 0 bridgehead atoms. The maximum atomic E-state index is 13.0. The second kappa shape index (κ2) is 7.09. The Balaban J connectivity index is 1.76. The van der Waals surface area contributed by atoms with Crippen molar-refractivity contribution < 1.29 is 14.0 Å². The zero-order chi connectivity index (χ0) is 18.8. The van der Waals surface area contributed by atoms with E-state index in [0.717, 1.165) is 11.4 Å². The minimum absolute atomic E-state index is 0.125. The third-order valence-electron chi connectivity index (χ3n) is 4.59. The van der Waals surface area contributed by atoms with Crippen LogP contribution in [0.25, 0.3) is 0 Å². The van der Waals surface area contributed by atoms with Crippen molar-refractivity contribution in [3.05, 3.63) is 78.8 Å². The first kappa shape index (κ1) is 17.1. The first-order valence-corrected chi connectivity index (χ1v) is 8.70. The summed E-state index contributed by atoms with van der Waals surface area (Å²) in [5, 5.41) is 0. The van der Waals surface area contributed by atoms with Crippen LogP contribution in [0.5, 0.6) is 0 Å². The lowest BCUT2D eigenvalue weighted by molar-refractivity contribution is -0.119. The van der Waals surface area contributed by atoms with Crippen molar-refractivity contribution in [1.29, 1.82) is 0 Å². The minimum Gasteiger partial charge on any atom is -0.461 e. The van der Waals surface area contributed by atoms with Crippen molar-refractivity contribution in [2.75, 3.05) is 22.9 Å². The smallest absolute Gasteiger partial charge is 0.246 e. The first-order chi connectivity index (χ1) is 13.1. The molecule has 6 heteroatoms. The molecule has 136 valence electrons. The minimum atomic E-state index is -0.762. The molecule has 2 heterocycles. The zero-order valence-electron chi connectivity index (χ0n) is 14.6. The Labute approximate surface area is 156 Å². The van der Waals surface area contributed by atoms with Gasteiger partial charge in [0.05, 0.1) is 24.2 Å². The normalized spacial score (nSPS) is 16.8. The van der Waals surface area contributed by atoms with Crippen LogP contribution in [0.2, 0.25) is 0 Å². The predicted octanol–water partition coefficient (Wildman–Crippen LogP) is 2.97. The van der Waals surface area contributed by atoms with Gasteiger partial charge in [-0.3, -0.25) is 9.59 Å². The molecule has 0 saturated heterocycles. The number of hydrogen-bond donors (Lipinski definition) is 1. The summed E-state index contributed by atoms with van der Waals surface area (Å²) in [6, 6.07) is 19.7. The number of amides is 1. The van der Waals surface area contributed by atoms with Crippen LogP contribution in [-0.4, -0.2) is 30.8 Å². The number of rotatable bonds is 4. The van der Waals surface area contributed by atoms with Crippen LogP contribution < -0.4 is 15.5 Å². The van der Waals surface area contributed by atoms with Gasteiger partial charge in [-0.25, -0.2) is 0 Å². The topological polar surface area (TPSA) is 79.8 Å². The van der Waals surface area contributed by atoms with Gasteiger partial charge in [-0.1, -0.05) is 30.3 Å². The number of carbonyl (C=O) groups is 2. The summed E-state index contributed by atoms with van der Waals surface area (Å²) in [6.45, 7) is 0.199. The van der Waals surface area contributed by atoms with E-state index in [-0.39, 0.29) is 24.0 Å². The standard InChI is InChI=1S/C21H19N3O3/c22-16-13-23(15-7-2-1-3-8-15)17-9-4-5-10-18(17)24(21(16)26)14-19(25)20-11-6-12-27-20/h1-12,16H,13-14,22H2. The number of furan rings is 1. The molecule has 1 aromatic heterocycles. The lowest BCUT2D eigenvalue weighted by Crippen LogP contribution is -2.48. The van der Waals surface area contributed by atoms with Crippen molar-refractivity contribution in [1.82, 2.24) is 0 Å². The fourth-order valence-electron chi connectivity index (χ4n) is 3.29. The second-order valence-corrected chi connectivity index (χ2v) is 6.37. The molecule has 27 heavy (non-hydrogen) atoms. The quantitative estimate of drug-likeness (QED) is 0.723. The number of ketones is 1. The van der Waals surface area contributed by atoms with E-state index in [1.807, 2.05) is 59.5 Å². The van der Waals surface area contributed by atoms with E-state index < -0.39 is 6.04 Å². The van der Waals surface area contributed by atoms with Gasteiger partial charge < -0.3 is 20.0 Å². The summed E-state index contributed by atoms with van der Waals surface area (Å²) in [5.74, 6) is -0.345. The van der Waals surface area contributed by atoms with Crippen LogP contribution in [0.1, 0.15) is 10.6 Å². The van der Waals surface area contributed by atoms with Crippen LogP contribution in [-0.2, 0) is 4.79 Å². The largest absolute Gasteiger partial charge is 0.461 e. The predicted molar refractivity (Wildman–Crippen MR) is 103 cm³/mol. The number of nitrogens with two attached hydrogens (primary N) is 1. The number of carbonyl (C=O) groups excluding carboxylic acids is 2. The van der Waals surface area contributed by atoms with Crippen LogP contribution in [0, 0.1) is 0 Å². The van der Waals surface area contributed by atoms with Crippen LogP contribution in [0.4, 0.5) is 17.1 Å². The zero-order valence-corrected chi connectivity index (χ0v) is 14.6. The van der Waals surface area contributed by atoms with Crippen molar-refractivity contribution in [3.8, 4) is 0 Å². The Hall–Kier alpha value is -3.38. The van der Waals surface area contributed by atoms with E-state index in [2.05, 4.69) is 0 Å². The molecule has 0 spiro atoms. The lowest BCUT2D eigenvalue weighted by atomic mass is 10.2. The molecule has 2 N–H and O–H groups in total. The first-order valence-electron chi connectivity index (χ1n) is 8.70. The van der Waals surface area contributed by atoms with Gasteiger partial charge in [-0.05, 0) is 36.4 Å². The third kappa shape index (κ3) is 3.22. The number of Topliss-reactive ketones (excluding diaryl/α,β-unsaturated/α-hetero) is 1. The number of nitrogens with zero attached hydrogens (tertiary/aromatic N) is 2. The van der Waals surface area contributed by atoms with E-state index in [1.165, 1.54) is 11.2 Å². The Morgan fingerprint density at radius 2 is 1.70 bits per heavy atom. The number of hydrogen-bond acceptors (Lipinski definition) is 5. The molecule has 0 saturated carbocycles. The van der Waals surface area contributed by atoms with Gasteiger partial charge in [0.25, 0.3) is 0 Å². The molecule has 6 nitrogen and oxygen atoms in total. The number of fused-ring (bicyclic) bond motifs is 1. The number of para-hydroxylation sites is 3. The van der Waals surface area contributed by atoms with E-state index in [1.54, 1.807) is 12.1 Å². The summed E-state index contributed by atoms with van der Waals surface area (Å²) < 4.78 is 5.18. The van der Waals surface area contributed by atoms with Crippen LogP contribution >= 0.6 is 0 Å². The highest BCUT2D eigenvalue weighted by atomic mass is 16.3. The van der Waals surface area contributed by atoms with Gasteiger partial charge in [-0.2, -0.15) is 0 Å². The Morgan fingerprint density at radius 3 is 2.41 bits per heavy atom. The van der Waals surface area contributed by atoms with E-state index >= 15 is 0 Å². The van der Waals surface area contributed by atoms with E-state index in [0.29, 0.717) is 12.2 Å². The Morgan fingerprint density at radius 1 is 1.00 bits per heavy atom. The summed E-state index contributed by atoms with van der Waals surface area (Å²) in [4.78, 5) is 29.0. The fraction of sp³-hybridized carbons (Fsp3) is 0.143. The molecule has 2 aromatic carbocycles. The average molecular weight is 361 g/mol. The molecule has 1 atom stereocenters. The molecule has 1 unspecified atom stereocenters. The van der Waals surface area contributed by atoms with Gasteiger partial charge in [0.1, 0.15) is 6.04 Å². The van der Waals surface area contributed by atoms with Crippen molar-refractivity contribution in [2.45, 2.75) is 6.04 Å². The molecular weight excluding hydrogens is 342 g/mol. The third-order valence-corrected chi connectivity index (χ3v) is 4.59. The summed E-state index contributed by atoms with van der Waals surface area (Å²) in [5.41, 5.74) is 8.62. The van der Waals surface area contributed by atoms with Gasteiger partial charge in [-0.15, -0.1) is 0 Å². The highest BCUT2D eigenvalue weighted by Crippen LogP contribution is 2.37. The maximum absolute atomic E-state index is 13.0. The monoisotopic (exact) mass is 361 g/mol. The van der Waals surface area contributed by atoms with Gasteiger partial charge in [0, 0.05) is 12.2 Å². The van der Waals surface area contributed by atoms with E-state index in [4.69, 9.17) is 10.2 Å². The fourth-order valence-corrected chi connectivity index (χ4v) is 3.29. The number of anilines is 3. The summed E-state index contributed by atoms with van der Waals surface area (Å²) in [6.07, 6.45) is 1.44. The van der Waals surface area contributed by atoms with Crippen LogP contribution in [0.3, 0.4) is 0 Å². The van der Waals surface area contributed by atoms with Crippen LogP contribution in [0.15, 0.2) is 77.4 Å². The van der Waals surface area contributed by atoms with Crippen molar-refractivity contribution in [2.24, 2.45) is 5.73 Å². The maximum Gasteiger partial charge on any atom is 0.246 e. The highest BCUT2D eigenvalue weighted by molar-refractivity contribution is 6.08. The molecule has 3 aromatic rings. The van der Waals surface area contributed by atoms with Gasteiger partial charge >= 0.3 is 0 Å².